The van der Waals surface area contributed by atoms with Crippen molar-refractivity contribution >= 4 is 0 Å². The molecule has 33 heavy (non-hydrogen) atoms. The van der Waals surface area contributed by atoms with Crippen molar-refractivity contribution < 1.29 is 19.7 Å². The lowest BCUT2D eigenvalue weighted by Crippen LogP contribution is -2.36. The van der Waals surface area contributed by atoms with Gasteiger partial charge in [-0.2, -0.15) is 0 Å². The van der Waals surface area contributed by atoms with E-state index in [0.717, 1.165) is 51.4 Å². The quantitative estimate of drug-likeness (QED) is 0.340. The summed E-state index contributed by atoms with van der Waals surface area (Å²) in [6, 6.07) is 6.48. The maximum atomic E-state index is 10.7. The predicted molar refractivity (Wildman–Crippen MR) is 130 cm³/mol. The van der Waals surface area contributed by atoms with E-state index in [9.17, 15) is 10.2 Å². The second kappa shape index (κ2) is 11.5. The first-order valence-corrected chi connectivity index (χ1v) is 12.6. The molecule has 0 spiro atoms. The molecule has 0 bridgehead atoms. The highest BCUT2D eigenvalue weighted by atomic mass is 16.5. The van der Waals surface area contributed by atoms with Gasteiger partial charge in [0.05, 0.1) is 25.4 Å². The maximum Gasteiger partial charge on any atom is 0.126 e. The van der Waals surface area contributed by atoms with Crippen molar-refractivity contribution in [3.63, 3.8) is 0 Å². The van der Waals surface area contributed by atoms with Crippen LogP contribution in [-0.2, 0) is 11.2 Å². The van der Waals surface area contributed by atoms with Crippen LogP contribution in [0.4, 0.5) is 0 Å². The molecule has 180 valence electrons. The SMILES string of the molecule is CC#CC[C@@H](C)[C@H](O)/C=C/[C@@H]1[C@H]2c3cccc(CCCCN4CCOCC4)c3O[C@H]2C[C@H]1O. The van der Waals surface area contributed by atoms with E-state index in [2.05, 4.69) is 34.9 Å². The first-order valence-electron chi connectivity index (χ1n) is 12.6. The number of morpholine rings is 1. The van der Waals surface area contributed by atoms with Crippen molar-refractivity contribution in [1.29, 1.82) is 0 Å². The smallest absolute Gasteiger partial charge is 0.126 e. The van der Waals surface area contributed by atoms with Crippen LogP contribution in [0.15, 0.2) is 30.4 Å². The largest absolute Gasteiger partial charge is 0.489 e. The van der Waals surface area contributed by atoms with Crippen LogP contribution in [0.1, 0.15) is 56.6 Å². The van der Waals surface area contributed by atoms with Gasteiger partial charge in [-0.3, -0.25) is 4.90 Å². The molecule has 5 nitrogen and oxygen atoms in total. The molecule has 2 aliphatic heterocycles. The summed E-state index contributed by atoms with van der Waals surface area (Å²) in [7, 11) is 0. The number of rotatable bonds is 9. The molecule has 3 aliphatic rings. The van der Waals surface area contributed by atoms with Gasteiger partial charge < -0.3 is 19.7 Å². The lowest BCUT2D eigenvalue weighted by atomic mass is 9.86. The normalized spacial score (nSPS) is 28.6. The fraction of sp³-hybridized carbons (Fsp3) is 0.643. The molecule has 0 aromatic heterocycles. The van der Waals surface area contributed by atoms with Crippen LogP contribution in [0.25, 0.3) is 0 Å². The van der Waals surface area contributed by atoms with Crippen molar-refractivity contribution in [3.8, 4) is 17.6 Å². The van der Waals surface area contributed by atoms with Gasteiger partial charge in [0.15, 0.2) is 0 Å². The van der Waals surface area contributed by atoms with Gasteiger partial charge in [0.2, 0.25) is 0 Å². The molecule has 1 aromatic rings. The van der Waals surface area contributed by atoms with Gasteiger partial charge >= 0.3 is 0 Å². The number of hydrogen-bond acceptors (Lipinski definition) is 5. The fourth-order valence-electron chi connectivity index (χ4n) is 5.46. The molecule has 2 N–H and O–H groups in total. The Bertz CT molecular complexity index is 866. The third-order valence-electron chi connectivity index (χ3n) is 7.48. The minimum absolute atomic E-state index is 0.0136. The van der Waals surface area contributed by atoms with Crippen molar-refractivity contribution in [2.24, 2.45) is 11.8 Å². The minimum Gasteiger partial charge on any atom is -0.489 e. The Hall–Kier alpha value is -1.84. The Morgan fingerprint density at radius 3 is 2.85 bits per heavy atom. The van der Waals surface area contributed by atoms with E-state index in [1.54, 1.807) is 0 Å². The highest BCUT2D eigenvalue weighted by Gasteiger charge is 2.48. The molecule has 1 saturated carbocycles. The van der Waals surface area contributed by atoms with E-state index in [4.69, 9.17) is 9.47 Å². The molecule has 1 aliphatic carbocycles. The zero-order chi connectivity index (χ0) is 23.2. The maximum absolute atomic E-state index is 10.7. The molecule has 1 saturated heterocycles. The molecule has 5 heteroatoms. The standard InChI is InChI=1S/C28H39NO4/c1-3-4-8-20(2)24(30)13-12-22-25(31)19-26-27(22)23-11-7-10-21(28(23)33-26)9-5-6-14-29-15-17-32-18-16-29/h7,10-13,20,22,24-27,30-31H,5-6,8-9,14-19H2,1-2H3/b13-12+/t20-,22+,24-,25-,26+,27+/m1/s1. The highest BCUT2D eigenvalue weighted by molar-refractivity contribution is 5.49. The summed E-state index contributed by atoms with van der Waals surface area (Å²) in [5, 5.41) is 21.2. The Kier molecular flexibility index (Phi) is 8.49. The second-order valence-electron chi connectivity index (χ2n) is 9.79. The molecule has 4 rings (SSSR count). The summed E-state index contributed by atoms with van der Waals surface area (Å²) in [5.74, 6) is 7.15. The number of aliphatic hydroxyl groups is 2. The molecule has 1 aromatic carbocycles. The van der Waals surface area contributed by atoms with Gasteiger partial charge in [-0.15, -0.1) is 11.8 Å². The molecular formula is C28H39NO4. The van der Waals surface area contributed by atoms with Crippen LogP contribution in [0, 0.1) is 23.7 Å². The van der Waals surface area contributed by atoms with Crippen molar-refractivity contribution in [2.75, 3.05) is 32.8 Å². The molecule has 0 radical (unpaired) electrons. The Morgan fingerprint density at radius 1 is 1.24 bits per heavy atom. The summed E-state index contributed by atoms with van der Waals surface area (Å²) in [6.45, 7) is 8.76. The van der Waals surface area contributed by atoms with Crippen LogP contribution in [0.5, 0.6) is 5.75 Å². The van der Waals surface area contributed by atoms with Crippen LogP contribution >= 0.6 is 0 Å². The van der Waals surface area contributed by atoms with Gasteiger partial charge in [-0.05, 0) is 44.2 Å². The Morgan fingerprint density at radius 2 is 2.06 bits per heavy atom. The third-order valence-corrected chi connectivity index (χ3v) is 7.48. The minimum atomic E-state index is -0.559. The molecule has 6 atom stereocenters. The van der Waals surface area contributed by atoms with Crippen molar-refractivity contribution in [1.82, 2.24) is 4.90 Å². The summed E-state index contributed by atoms with van der Waals surface area (Å²) < 4.78 is 11.9. The molecule has 2 fully saturated rings. The van der Waals surface area contributed by atoms with Crippen LogP contribution in [-0.4, -0.2) is 66.3 Å². The monoisotopic (exact) mass is 453 g/mol. The number of nitrogens with zero attached hydrogens (tertiary/aromatic N) is 1. The van der Waals surface area contributed by atoms with Crippen LogP contribution in [0.3, 0.4) is 0 Å². The van der Waals surface area contributed by atoms with Crippen LogP contribution in [0.2, 0.25) is 0 Å². The number of ether oxygens (including phenoxy) is 2. The van der Waals surface area contributed by atoms with Gasteiger partial charge in [0.25, 0.3) is 0 Å². The summed E-state index contributed by atoms with van der Waals surface area (Å²) >= 11 is 0. The van der Waals surface area contributed by atoms with E-state index in [1.165, 1.54) is 17.5 Å². The first kappa shape index (κ1) is 24.3. The lowest BCUT2D eigenvalue weighted by molar-refractivity contribution is 0.0372. The van der Waals surface area contributed by atoms with E-state index in [0.29, 0.717) is 12.8 Å². The molecular weight excluding hydrogens is 414 g/mol. The number of fused-ring (bicyclic) bond motifs is 3. The third kappa shape index (κ3) is 5.81. The zero-order valence-corrected chi connectivity index (χ0v) is 20.1. The Balaban J connectivity index is 1.38. The van der Waals surface area contributed by atoms with E-state index < -0.39 is 12.2 Å². The second-order valence-corrected chi connectivity index (χ2v) is 9.79. The van der Waals surface area contributed by atoms with Gasteiger partial charge in [0, 0.05) is 43.3 Å². The summed E-state index contributed by atoms with van der Waals surface area (Å²) in [6.07, 6.45) is 7.53. The molecule has 0 unspecified atom stereocenters. The topological polar surface area (TPSA) is 62.2 Å². The highest BCUT2D eigenvalue weighted by Crippen LogP contribution is 2.52. The molecule has 2 heterocycles. The number of para-hydroxylation sites is 1. The first-order chi connectivity index (χ1) is 16.1. The number of hydrogen-bond donors (Lipinski definition) is 2. The number of aryl methyl sites for hydroxylation is 1. The zero-order valence-electron chi connectivity index (χ0n) is 20.1. The fourth-order valence-corrected chi connectivity index (χ4v) is 5.46. The average molecular weight is 454 g/mol. The number of aliphatic hydroxyl groups excluding tert-OH is 2. The van der Waals surface area contributed by atoms with Gasteiger partial charge in [-0.25, -0.2) is 0 Å². The van der Waals surface area contributed by atoms with Crippen molar-refractivity contribution in [2.45, 2.75) is 70.2 Å². The van der Waals surface area contributed by atoms with Crippen molar-refractivity contribution in [3.05, 3.63) is 41.5 Å². The van der Waals surface area contributed by atoms with Gasteiger partial charge in [0.1, 0.15) is 11.9 Å². The van der Waals surface area contributed by atoms with Crippen LogP contribution < -0.4 is 4.74 Å². The predicted octanol–water partition coefficient (Wildman–Crippen LogP) is 3.53. The number of unbranched alkanes of at least 4 members (excludes halogenated alkanes) is 1. The number of benzene rings is 1. The molecule has 0 amide bonds. The van der Waals surface area contributed by atoms with E-state index >= 15 is 0 Å². The van der Waals surface area contributed by atoms with E-state index in [-0.39, 0.29) is 23.9 Å². The lowest BCUT2D eigenvalue weighted by Gasteiger charge is -2.26. The Labute approximate surface area is 198 Å². The van der Waals surface area contributed by atoms with Gasteiger partial charge in [-0.1, -0.05) is 37.3 Å². The summed E-state index contributed by atoms with van der Waals surface area (Å²) in [5.41, 5.74) is 2.50. The van der Waals surface area contributed by atoms with E-state index in [1.807, 2.05) is 26.0 Å². The average Bonchev–Trinajstić information content (AvgIpc) is 3.34. The summed E-state index contributed by atoms with van der Waals surface area (Å²) in [4.78, 5) is 2.49.